The Morgan fingerprint density at radius 1 is 1.12 bits per heavy atom. The first-order valence-electron chi connectivity index (χ1n) is 5.25. The molecule has 0 aromatic heterocycles. The fourth-order valence-electron chi connectivity index (χ4n) is 1.32. The molecule has 0 fully saturated rings. The van der Waals surface area contributed by atoms with E-state index in [-0.39, 0.29) is 13.0 Å². The van der Waals surface area contributed by atoms with Crippen LogP contribution in [0.25, 0.3) is 0 Å². The van der Waals surface area contributed by atoms with Crippen molar-refractivity contribution in [3.05, 3.63) is 35.9 Å². The van der Waals surface area contributed by atoms with Crippen molar-refractivity contribution in [2.75, 3.05) is 0 Å². The Labute approximate surface area is 93.7 Å². The van der Waals surface area contributed by atoms with E-state index in [1.54, 1.807) is 12.1 Å². The molecule has 16 heavy (non-hydrogen) atoms. The van der Waals surface area contributed by atoms with Crippen molar-refractivity contribution in [1.82, 2.24) is 5.32 Å². The van der Waals surface area contributed by atoms with Gasteiger partial charge in [0.1, 0.15) is 5.54 Å². The molecule has 0 heterocycles. The van der Waals surface area contributed by atoms with E-state index in [0.717, 1.165) is 5.56 Å². The van der Waals surface area contributed by atoms with Crippen LogP contribution in [0.2, 0.25) is 0 Å². The molecule has 0 spiro atoms. The van der Waals surface area contributed by atoms with Crippen molar-refractivity contribution < 1.29 is 13.2 Å². The van der Waals surface area contributed by atoms with Gasteiger partial charge in [0.15, 0.2) is 0 Å². The maximum absolute atomic E-state index is 12.7. The molecule has 1 atom stereocenters. The Morgan fingerprint density at radius 2 is 1.69 bits per heavy atom. The summed E-state index contributed by atoms with van der Waals surface area (Å²) in [5.74, 6) is 0. The number of benzene rings is 1. The van der Waals surface area contributed by atoms with Gasteiger partial charge in [-0.1, -0.05) is 37.3 Å². The van der Waals surface area contributed by atoms with Gasteiger partial charge < -0.3 is 0 Å². The average molecular weight is 231 g/mol. The zero-order valence-corrected chi connectivity index (χ0v) is 9.43. The Morgan fingerprint density at radius 3 is 2.12 bits per heavy atom. The van der Waals surface area contributed by atoms with E-state index in [4.69, 9.17) is 0 Å². The van der Waals surface area contributed by atoms with E-state index in [1.807, 2.05) is 18.2 Å². The molecule has 1 aromatic rings. The van der Waals surface area contributed by atoms with Crippen LogP contribution >= 0.6 is 0 Å². The number of hydrogen-bond donors (Lipinski definition) is 1. The number of alkyl halides is 3. The van der Waals surface area contributed by atoms with E-state index in [2.05, 4.69) is 5.32 Å². The molecule has 0 aliphatic rings. The van der Waals surface area contributed by atoms with E-state index in [9.17, 15) is 13.2 Å². The summed E-state index contributed by atoms with van der Waals surface area (Å²) in [5, 5.41) is 2.58. The summed E-state index contributed by atoms with van der Waals surface area (Å²) in [6.45, 7) is 2.95. The molecular formula is C12H16F3N. The molecule has 0 saturated carbocycles. The van der Waals surface area contributed by atoms with Gasteiger partial charge in [-0.15, -0.1) is 0 Å². The van der Waals surface area contributed by atoms with Crippen LogP contribution in [0.15, 0.2) is 30.3 Å². The van der Waals surface area contributed by atoms with Crippen molar-refractivity contribution in [3.63, 3.8) is 0 Å². The standard InChI is InChI=1S/C12H16F3N/c1-3-11(2,12(13,14)15)16-9-10-7-5-4-6-8-10/h4-8,16H,3,9H2,1-2H3. The maximum Gasteiger partial charge on any atom is 0.406 e. The number of halogens is 3. The van der Waals surface area contributed by atoms with Crippen LogP contribution in [0.5, 0.6) is 0 Å². The minimum absolute atomic E-state index is 0.0172. The Hall–Kier alpha value is -1.03. The van der Waals surface area contributed by atoms with Gasteiger partial charge in [0.05, 0.1) is 0 Å². The van der Waals surface area contributed by atoms with Gasteiger partial charge in [0, 0.05) is 6.54 Å². The molecule has 0 radical (unpaired) electrons. The first-order valence-corrected chi connectivity index (χ1v) is 5.25. The first-order chi connectivity index (χ1) is 7.39. The second-order valence-corrected chi connectivity index (χ2v) is 4.02. The number of hydrogen-bond acceptors (Lipinski definition) is 1. The van der Waals surface area contributed by atoms with Crippen LogP contribution in [0.1, 0.15) is 25.8 Å². The Balaban J connectivity index is 2.66. The zero-order valence-electron chi connectivity index (χ0n) is 9.43. The molecule has 1 aromatic carbocycles. The molecule has 1 unspecified atom stereocenters. The van der Waals surface area contributed by atoms with Crippen LogP contribution in [0, 0.1) is 0 Å². The van der Waals surface area contributed by atoms with Gasteiger partial charge in [-0.05, 0) is 18.9 Å². The Kier molecular flexibility index (Phi) is 3.97. The first kappa shape index (κ1) is 13.0. The van der Waals surface area contributed by atoms with Crippen molar-refractivity contribution in [2.24, 2.45) is 0 Å². The van der Waals surface area contributed by atoms with Gasteiger partial charge >= 0.3 is 6.18 Å². The summed E-state index contributed by atoms with van der Waals surface area (Å²) in [5.41, 5.74) is -0.963. The zero-order chi connectivity index (χ0) is 12.2. The van der Waals surface area contributed by atoms with Gasteiger partial charge in [0.25, 0.3) is 0 Å². The van der Waals surface area contributed by atoms with Crippen molar-refractivity contribution in [1.29, 1.82) is 0 Å². The smallest absolute Gasteiger partial charge is 0.300 e. The second-order valence-electron chi connectivity index (χ2n) is 4.02. The normalized spacial score (nSPS) is 15.8. The Bertz CT molecular complexity index is 321. The fourth-order valence-corrected chi connectivity index (χ4v) is 1.32. The molecule has 1 nitrogen and oxygen atoms in total. The number of nitrogens with one attached hydrogen (secondary N) is 1. The lowest BCUT2D eigenvalue weighted by atomic mass is 9.97. The summed E-state index contributed by atoms with van der Waals surface area (Å²) in [7, 11) is 0. The van der Waals surface area contributed by atoms with Crippen molar-refractivity contribution in [2.45, 2.75) is 38.5 Å². The van der Waals surface area contributed by atoms with Gasteiger partial charge in [-0.3, -0.25) is 5.32 Å². The lowest BCUT2D eigenvalue weighted by Gasteiger charge is -2.32. The van der Waals surface area contributed by atoms with Crippen LogP contribution in [0.4, 0.5) is 13.2 Å². The third kappa shape index (κ3) is 2.98. The highest BCUT2D eigenvalue weighted by atomic mass is 19.4. The van der Waals surface area contributed by atoms with Gasteiger partial charge in [0.2, 0.25) is 0 Å². The van der Waals surface area contributed by atoms with Crippen LogP contribution in [0.3, 0.4) is 0 Å². The lowest BCUT2D eigenvalue weighted by molar-refractivity contribution is -0.192. The second kappa shape index (κ2) is 4.87. The third-order valence-corrected chi connectivity index (χ3v) is 2.86. The summed E-state index contributed by atoms with van der Waals surface area (Å²) in [6, 6.07) is 9.08. The molecule has 4 heteroatoms. The largest absolute Gasteiger partial charge is 0.406 e. The minimum Gasteiger partial charge on any atom is -0.300 e. The molecule has 90 valence electrons. The van der Waals surface area contributed by atoms with E-state index in [0.29, 0.717) is 0 Å². The average Bonchev–Trinajstić information content (AvgIpc) is 2.26. The molecule has 1 rings (SSSR count). The predicted octanol–water partition coefficient (Wildman–Crippen LogP) is 3.51. The third-order valence-electron chi connectivity index (χ3n) is 2.86. The fraction of sp³-hybridized carbons (Fsp3) is 0.500. The SMILES string of the molecule is CCC(C)(NCc1ccccc1)C(F)(F)F. The molecule has 0 bridgehead atoms. The maximum atomic E-state index is 12.7. The van der Waals surface area contributed by atoms with E-state index < -0.39 is 11.7 Å². The predicted molar refractivity (Wildman–Crippen MR) is 58.0 cm³/mol. The van der Waals surface area contributed by atoms with Crippen LogP contribution in [-0.2, 0) is 6.54 Å². The summed E-state index contributed by atoms with van der Waals surface area (Å²) < 4.78 is 38.2. The van der Waals surface area contributed by atoms with Crippen LogP contribution < -0.4 is 5.32 Å². The van der Waals surface area contributed by atoms with E-state index in [1.165, 1.54) is 13.8 Å². The van der Waals surface area contributed by atoms with E-state index >= 15 is 0 Å². The lowest BCUT2D eigenvalue weighted by Crippen LogP contribution is -2.53. The monoisotopic (exact) mass is 231 g/mol. The molecule has 0 aliphatic heterocycles. The molecule has 1 N–H and O–H groups in total. The topological polar surface area (TPSA) is 12.0 Å². The molecular weight excluding hydrogens is 215 g/mol. The quantitative estimate of drug-likeness (QED) is 0.836. The highest BCUT2D eigenvalue weighted by Gasteiger charge is 2.49. The highest BCUT2D eigenvalue weighted by Crippen LogP contribution is 2.32. The summed E-state index contributed by atoms with van der Waals surface area (Å²) >= 11 is 0. The van der Waals surface area contributed by atoms with Gasteiger partial charge in [-0.2, -0.15) is 13.2 Å². The summed E-state index contributed by atoms with van der Waals surface area (Å²) in [6.07, 6.45) is -4.21. The van der Waals surface area contributed by atoms with Crippen LogP contribution in [-0.4, -0.2) is 11.7 Å². The van der Waals surface area contributed by atoms with Crippen molar-refractivity contribution >= 4 is 0 Å². The van der Waals surface area contributed by atoms with Gasteiger partial charge in [-0.25, -0.2) is 0 Å². The molecule has 0 aliphatic carbocycles. The summed E-state index contributed by atoms with van der Waals surface area (Å²) in [4.78, 5) is 0. The number of rotatable bonds is 4. The van der Waals surface area contributed by atoms with Crippen molar-refractivity contribution in [3.8, 4) is 0 Å². The minimum atomic E-state index is -4.23. The highest BCUT2D eigenvalue weighted by molar-refractivity contribution is 5.14. The molecule has 0 amide bonds. The molecule has 0 saturated heterocycles.